The molecule has 2 heterocycles. The lowest BCUT2D eigenvalue weighted by molar-refractivity contribution is 0.257. The molecule has 0 saturated heterocycles. The predicted molar refractivity (Wildman–Crippen MR) is 90.1 cm³/mol. The third-order valence-corrected chi connectivity index (χ3v) is 4.81. The molecular weight excluding hydrogens is 272 g/mol. The number of para-hydroxylation sites is 1. The highest BCUT2D eigenvalue weighted by Gasteiger charge is 2.23. The minimum atomic E-state index is 0.409. The van der Waals surface area contributed by atoms with Crippen LogP contribution in [0.15, 0.2) is 42.5 Å². The molecule has 0 bridgehead atoms. The molecule has 2 aliphatic rings. The molecule has 0 amide bonds. The van der Waals surface area contributed by atoms with Crippen LogP contribution in [-0.4, -0.2) is 20.2 Å². The summed E-state index contributed by atoms with van der Waals surface area (Å²) in [6.07, 6.45) is 3.42. The molecule has 0 aromatic heterocycles. The fourth-order valence-electron chi connectivity index (χ4n) is 3.65. The molecule has 3 heteroatoms. The maximum atomic E-state index is 5.91. The summed E-state index contributed by atoms with van der Waals surface area (Å²) in [7, 11) is 2.02. The number of anilines is 2. The van der Waals surface area contributed by atoms with Crippen molar-refractivity contribution < 1.29 is 4.74 Å². The summed E-state index contributed by atoms with van der Waals surface area (Å²) in [6, 6.07) is 15.8. The van der Waals surface area contributed by atoms with Gasteiger partial charge in [0.05, 0.1) is 6.61 Å². The lowest BCUT2D eigenvalue weighted by Gasteiger charge is -2.33. The van der Waals surface area contributed by atoms with E-state index in [-0.39, 0.29) is 0 Å². The van der Waals surface area contributed by atoms with Crippen LogP contribution in [-0.2, 0) is 6.42 Å². The van der Waals surface area contributed by atoms with Gasteiger partial charge in [-0.15, -0.1) is 0 Å². The number of ether oxygens (including phenoxy) is 1. The van der Waals surface area contributed by atoms with E-state index in [4.69, 9.17) is 4.74 Å². The predicted octanol–water partition coefficient (Wildman–Crippen LogP) is 3.81. The summed E-state index contributed by atoms with van der Waals surface area (Å²) < 4.78 is 5.91. The molecule has 2 aliphatic heterocycles. The topological polar surface area (TPSA) is 24.5 Å². The second-order valence-electron chi connectivity index (χ2n) is 6.08. The van der Waals surface area contributed by atoms with Crippen molar-refractivity contribution in [1.29, 1.82) is 0 Å². The quantitative estimate of drug-likeness (QED) is 0.911. The first-order valence-electron chi connectivity index (χ1n) is 8.16. The number of rotatable bonds is 2. The smallest absolute Gasteiger partial charge is 0.126 e. The molecule has 1 N–H and O–H groups in total. The standard InChI is InChI=1S/C19H22N2O/c1-20-17-10-12-22-19-13-15(8-9-16(17)19)21-11-4-6-14-5-2-3-7-18(14)21/h2-3,5,7-9,13,17,20H,4,6,10-12H2,1H3. The molecule has 0 radical (unpaired) electrons. The van der Waals surface area contributed by atoms with Gasteiger partial charge in [0, 0.05) is 42.0 Å². The zero-order valence-electron chi connectivity index (χ0n) is 13.0. The zero-order valence-corrected chi connectivity index (χ0v) is 13.0. The van der Waals surface area contributed by atoms with Crippen LogP contribution in [0.3, 0.4) is 0 Å². The van der Waals surface area contributed by atoms with Gasteiger partial charge in [-0.25, -0.2) is 0 Å². The molecule has 22 heavy (non-hydrogen) atoms. The average molecular weight is 294 g/mol. The maximum Gasteiger partial charge on any atom is 0.126 e. The fourth-order valence-corrected chi connectivity index (χ4v) is 3.65. The monoisotopic (exact) mass is 294 g/mol. The van der Waals surface area contributed by atoms with E-state index in [2.05, 4.69) is 52.7 Å². The van der Waals surface area contributed by atoms with Gasteiger partial charge in [-0.05, 0) is 37.6 Å². The van der Waals surface area contributed by atoms with Crippen LogP contribution in [0.4, 0.5) is 11.4 Å². The molecule has 2 aromatic rings. The molecule has 0 aliphatic carbocycles. The van der Waals surface area contributed by atoms with Crippen molar-refractivity contribution in [3.05, 3.63) is 53.6 Å². The van der Waals surface area contributed by atoms with Crippen molar-refractivity contribution in [2.24, 2.45) is 0 Å². The SMILES string of the molecule is CNC1CCOc2cc(N3CCCc4ccccc43)ccc21. The third kappa shape index (κ3) is 2.26. The Hall–Kier alpha value is -2.00. The van der Waals surface area contributed by atoms with Crippen molar-refractivity contribution >= 4 is 11.4 Å². The third-order valence-electron chi connectivity index (χ3n) is 4.81. The van der Waals surface area contributed by atoms with E-state index in [9.17, 15) is 0 Å². The number of nitrogens with zero attached hydrogens (tertiary/aromatic N) is 1. The lowest BCUT2D eigenvalue weighted by Crippen LogP contribution is -2.26. The van der Waals surface area contributed by atoms with E-state index in [0.717, 1.165) is 25.3 Å². The van der Waals surface area contributed by atoms with Gasteiger partial charge < -0.3 is 15.0 Å². The molecule has 1 unspecified atom stereocenters. The van der Waals surface area contributed by atoms with Crippen LogP contribution in [0.2, 0.25) is 0 Å². The molecule has 114 valence electrons. The molecule has 4 rings (SSSR count). The Morgan fingerprint density at radius 3 is 3.00 bits per heavy atom. The fraction of sp³-hybridized carbons (Fsp3) is 0.368. The highest BCUT2D eigenvalue weighted by Crippen LogP contribution is 2.39. The van der Waals surface area contributed by atoms with Gasteiger partial charge in [-0.1, -0.05) is 24.3 Å². The summed E-state index contributed by atoms with van der Waals surface area (Å²) in [5, 5.41) is 3.38. The van der Waals surface area contributed by atoms with Gasteiger partial charge in [0.1, 0.15) is 5.75 Å². The molecule has 0 saturated carbocycles. The Labute approximate surface area is 131 Å². The van der Waals surface area contributed by atoms with Crippen LogP contribution in [0.1, 0.15) is 30.0 Å². The minimum Gasteiger partial charge on any atom is -0.493 e. The molecule has 3 nitrogen and oxygen atoms in total. The van der Waals surface area contributed by atoms with Crippen molar-refractivity contribution in [3.8, 4) is 5.75 Å². The van der Waals surface area contributed by atoms with E-state index in [1.165, 1.54) is 35.3 Å². The van der Waals surface area contributed by atoms with E-state index in [1.54, 1.807) is 0 Å². The second kappa shape index (κ2) is 5.65. The first-order chi connectivity index (χ1) is 10.9. The highest BCUT2D eigenvalue weighted by molar-refractivity contribution is 5.69. The number of hydrogen-bond donors (Lipinski definition) is 1. The Morgan fingerprint density at radius 2 is 2.09 bits per heavy atom. The average Bonchev–Trinajstić information content (AvgIpc) is 2.60. The molecule has 0 fully saturated rings. The largest absolute Gasteiger partial charge is 0.493 e. The summed E-state index contributed by atoms with van der Waals surface area (Å²) in [5.41, 5.74) is 5.31. The number of hydrogen-bond acceptors (Lipinski definition) is 3. The Balaban J connectivity index is 1.73. The summed E-state index contributed by atoms with van der Waals surface area (Å²) in [5.74, 6) is 1.03. The van der Waals surface area contributed by atoms with Gasteiger partial charge in [-0.3, -0.25) is 0 Å². The maximum absolute atomic E-state index is 5.91. The summed E-state index contributed by atoms with van der Waals surface area (Å²) in [6.45, 7) is 1.86. The Kier molecular flexibility index (Phi) is 3.51. The summed E-state index contributed by atoms with van der Waals surface area (Å²) in [4.78, 5) is 2.42. The van der Waals surface area contributed by atoms with Gasteiger partial charge in [-0.2, -0.15) is 0 Å². The molecule has 1 atom stereocenters. The van der Waals surface area contributed by atoms with Gasteiger partial charge in [0.15, 0.2) is 0 Å². The number of aryl methyl sites for hydroxylation is 1. The first-order valence-corrected chi connectivity index (χ1v) is 8.16. The molecule has 0 spiro atoms. The van der Waals surface area contributed by atoms with Gasteiger partial charge >= 0.3 is 0 Å². The van der Waals surface area contributed by atoms with Crippen LogP contribution in [0.25, 0.3) is 0 Å². The van der Waals surface area contributed by atoms with Crippen LogP contribution in [0.5, 0.6) is 5.75 Å². The normalized spacial score (nSPS) is 20.0. The minimum absolute atomic E-state index is 0.409. The number of benzene rings is 2. The first kappa shape index (κ1) is 13.6. The molecule has 2 aromatic carbocycles. The highest BCUT2D eigenvalue weighted by atomic mass is 16.5. The van der Waals surface area contributed by atoms with Crippen LogP contribution >= 0.6 is 0 Å². The van der Waals surface area contributed by atoms with E-state index in [0.29, 0.717) is 6.04 Å². The molecular formula is C19H22N2O. The second-order valence-corrected chi connectivity index (χ2v) is 6.08. The van der Waals surface area contributed by atoms with Crippen LogP contribution in [0, 0.1) is 0 Å². The van der Waals surface area contributed by atoms with Gasteiger partial charge in [0.25, 0.3) is 0 Å². The van der Waals surface area contributed by atoms with Crippen molar-refractivity contribution in [3.63, 3.8) is 0 Å². The van der Waals surface area contributed by atoms with E-state index >= 15 is 0 Å². The Morgan fingerprint density at radius 1 is 1.18 bits per heavy atom. The van der Waals surface area contributed by atoms with Crippen molar-refractivity contribution in [2.45, 2.75) is 25.3 Å². The Bertz CT molecular complexity index is 683. The lowest BCUT2D eigenvalue weighted by atomic mass is 9.98. The number of fused-ring (bicyclic) bond motifs is 2. The van der Waals surface area contributed by atoms with Crippen molar-refractivity contribution in [2.75, 3.05) is 25.1 Å². The number of nitrogens with one attached hydrogen (secondary N) is 1. The van der Waals surface area contributed by atoms with E-state index in [1.807, 2.05) is 7.05 Å². The zero-order chi connectivity index (χ0) is 14.9. The van der Waals surface area contributed by atoms with Crippen LogP contribution < -0.4 is 15.0 Å². The summed E-state index contributed by atoms with van der Waals surface area (Å²) >= 11 is 0. The van der Waals surface area contributed by atoms with E-state index < -0.39 is 0 Å². The van der Waals surface area contributed by atoms with Crippen molar-refractivity contribution in [1.82, 2.24) is 5.32 Å². The van der Waals surface area contributed by atoms with Gasteiger partial charge in [0.2, 0.25) is 0 Å².